The number of morpholine rings is 1. The van der Waals surface area contributed by atoms with Crippen molar-refractivity contribution in [1.82, 2.24) is 20.4 Å². The Labute approximate surface area is 199 Å². The summed E-state index contributed by atoms with van der Waals surface area (Å²) in [5.74, 6) is 1.93. The summed E-state index contributed by atoms with van der Waals surface area (Å²) in [6.07, 6.45) is 7.81. The van der Waals surface area contributed by atoms with Gasteiger partial charge in [0, 0.05) is 57.6 Å². The molecular weight excluding hydrogens is 493 g/mol. The van der Waals surface area contributed by atoms with Crippen LogP contribution < -0.4 is 10.6 Å². The summed E-state index contributed by atoms with van der Waals surface area (Å²) in [7, 11) is 4.35. The van der Waals surface area contributed by atoms with Crippen LogP contribution in [0.15, 0.2) is 27.8 Å². The maximum atomic E-state index is 5.45. The fourth-order valence-corrected chi connectivity index (χ4v) is 4.50. The van der Waals surface area contributed by atoms with Crippen LogP contribution in [0.25, 0.3) is 0 Å². The van der Waals surface area contributed by atoms with E-state index in [1.807, 2.05) is 12.1 Å². The summed E-state index contributed by atoms with van der Waals surface area (Å²) < 4.78 is 10.9. The monoisotopic (exact) mass is 533 g/mol. The molecule has 0 bridgehead atoms. The molecule has 0 amide bonds. The number of furan rings is 1. The molecule has 0 radical (unpaired) electrons. The minimum Gasteiger partial charge on any atom is -0.469 e. The highest BCUT2D eigenvalue weighted by molar-refractivity contribution is 14.0. The van der Waals surface area contributed by atoms with E-state index >= 15 is 0 Å². The average Bonchev–Trinajstić information content (AvgIpc) is 3.39. The van der Waals surface area contributed by atoms with Crippen molar-refractivity contribution in [3.8, 4) is 0 Å². The van der Waals surface area contributed by atoms with E-state index in [4.69, 9.17) is 14.1 Å². The number of nitrogens with one attached hydrogen (secondary N) is 2. The molecule has 1 aromatic rings. The van der Waals surface area contributed by atoms with Gasteiger partial charge < -0.3 is 24.7 Å². The molecule has 1 saturated carbocycles. The van der Waals surface area contributed by atoms with Gasteiger partial charge in [-0.3, -0.25) is 9.89 Å². The average molecular weight is 533 g/mol. The summed E-state index contributed by atoms with van der Waals surface area (Å²) in [5.41, 5.74) is 0.323. The van der Waals surface area contributed by atoms with Crippen molar-refractivity contribution >= 4 is 29.9 Å². The molecular formula is C22H40IN5O2. The topological polar surface area (TPSA) is 65.3 Å². The van der Waals surface area contributed by atoms with Gasteiger partial charge in [0.15, 0.2) is 5.96 Å². The van der Waals surface area contributed by atoms with Crippen molar-refractivity contribution < 1.29 is 9.15 Å². The van der Waals surface area contributed by atoms with Gasteiger partial charge in [-0.15, -0.1) is 24.0 Å². The van der Waals surface area contributed by atoms with Crippen molar-refractivity contribution in [1.29, 1.82) is 0 Å². The van der Waals surface area contributed by atoms with Crippen molar-refractivity contribution in [2.75, 3.05) is 73.1 Å². The van der Waals surface area contributed by atoms with Crippen LogP contribution >= 0.6 is 24.0 Å². The number of aliphatic imine (C=N–C) groups is 1. The van der Waals surface area contributed by atoms with Crippen LogP contribution in [0.3, 0.4) is 0 Å². The first-order chi connectivity index (χ1) is 14.2. The molecule has 0 atom stereocenters. The summed E-state index contributed by atoms with van der Waals surface area (Å²) in [4.78, 5) is 9.79. The SMILES string of the molecule is CN(C)CC1(CN=C(NCCc2ccco2)NCCN2CCOCC2)CCCC1.I. The van der Waals surface area contributed by atoms with Gasteiger partial charge in [-0.25, -0.2) is 0 Å². The minimum absolute atomic E-state index is 0. The molecule has 1 saturated heterocycles. The van der Waals surface area contributed by atoms with Gasteiger partial charge in [-0.1, -0.05) is 12.8 Å². The third-order valence-electron chi connectivity index (χ3n) is 5.96. The molecule has 30 heavy (non-hydrogen) atoms. The number of ether oxygens (including phenoxy) is 1. The Hall–Kier alpha value is -0.840. The lowest BCUT2D eigenvalue weighted by Crippen LogP contribution is -2.45. The normalized spacial score (nSPS) is 19.6. The fourth-order valence-electron chi connectivity index (χ4n) is 4.50. The molecule has 0 spiro atoms. The number of nitrogens with zero attached hydrogens (tertiary/aromatic N) is 3. The zero-order valence-electron chi connectivity index (χ0n) is 18.7. The Bertz CT molecular complexity index is 597. The number of halogens is 1. The first-order valence-electron chi connectivity index (χ1n) is 11.1. The van der Waals surface area contributed by atoms with E-state index in [1.165, 1.54) is 25.7 Å². The maximum absolute atomic E-state index is 5.45. The van der Waals surface area contributed by atoms with Gasteiger partial charge in [0.25, 0.3) is 0 Å². The molecule has 3 rings (SSSR count). The van der Waals surface area contributed by atoms with Crippen LogP contribution in [-0.2, 0) is 11.2 Å². The van der Waals surface area contributed by atoms with E-state index in [2.05, 4.69) is 34.5 Å². The van der Waals surface area contributed by atoms with Gasteiger partial charge in [0.2, 0.25) is 0 Å². The third kappa shape index (κ3) is 8.72. The summed E-state index contributed by atoms with van der Waals surface area (Å²) in [6.45, 7) is 8.46. The zero-order valence-corrected chi connectivity index (χ0v) is 21.0. The van der Waals surface area contributed by atoms with Crippen LogP contribution in [0.1, 0.15) is 31.4 Å². The van der Waals surface area contributed by atoms with Crippen molar-refractivity contribution in [3.63, 3.8) is 0 Å². The lowest BCUT2D eigenvalue weighted by Gasteiger charge is -2.31. The van der Waals surface area contributed by atoms with Gasteiger partial charge in [0.1, 0.15) is 5.76 Å². The molecule has 0 unspecified atom stereocenters. The lowest BCUT2D eigenvalue weighted by molar-refractivity contribution is 0.0389. The lowest BCUT2D eigenvalue weighted by atomic mass is 9.86. The predicted octanol–water partition coefficient (Wildman–Crippen LogP) is 2.43. The molecule has 1 aromatic heterocycles. The van der Waals surface area contributed by atoms with E-state index in [9.17, 15) is 0 Å². The third-order valence-corrected chi connectivity index (χ3v) is 5.96. The number of guanidine groups is 1. The highest BCUT2D eigenvalue weighted by Crippen LogP contribution is 2.38. The Morgan fingerprint density at radius 2 is 1.90 bits per heavy atom. The van der Waals surface area contributed by atoms with E-state index in [-0.39, 0.29) is 24.0 Å². The molecule has 0 aromatic carbocycles. The zero-order chi connectivity index (χ0) is 20.4. The second-order valence-electron chi connectivity index (χ2n) is 8.75. The molecule has 2 fully saturated rings. The quantitative estimate of drug-likeness (QED) is 0.274. The van der Waals surface area contributed by atoms with Crippen LogP contribution in [0.5, 0.6) is 0 Å². The minimum atomic E-state index is 0. The van der Waals surface area contributed by atoms with Crippen LogP contribution in [0.2, 0.25) is 0 Å². The number of hydrogen-bond acceptors (Lipinski definition) is 5. The van der Waals surface area contributed by atoms with Gasteiger partial charge in [0.05, 0.1) is 19.5 Å². The second-order valence-corrected chi connectivity index (χ2v) is 8.75. The van der Waals surface area contributed by atoms with Crippen LogP contribution in [0, 0.1) is 5.41 Å². The van der Waals surface area contributed by atoms with Gasteiger partial charge in [-0.05, 0) is 39.1 Å². The fraction of sp³-hybridized carbons (Fsp3) is 0.773. The van der Waals surface area contributed by atoms with E-state index in [0.29, 0.717) is 5.41 Å². The smallest absolute Gasteiger partial charge is 0.191 e. The Morgan fingerprint density at radius 1 is 1.17 bits per heavy atom. The van der Waals surface area contributed by atoms with Crippen LogP contribution in [-0.4, -0.2) is 88.9 Å². The van der Waals surface area contributed by atoms with Gasteiger partial charge >= 0.3 is 0 Å². The summed E-state index contributed by atoms with van der Waals surface area (Å²) >= 11 is 0. The Kier molecular flexibility index (Phi) is 11.5. The standard InChI is InChI=1S/C22H39N5O2.HI/c1-26(2)19-22(8-3-4-9-22)18-25-21(23-10-7-20-6-5-15-29-20)24-11-12-27-13-16-28-17-14-27;/h5-6,15H,3-4,7-14,16-19H2,1-2H3,(H2,23,24,25);1H. The molecule has 7 nitrogen and oxygen atoms in total. The Morgan fingerprint density at radius 3 is 2.57 bits per heavy atom. The molecule has 1 aliphatic carbocycles. The molecule has 2 aliphatic rings. The first-order valence-corrected chi connectivity index (χ1v) is 11.1. The van der Waals surface area contributed by atoms with E-state index in [0.717, 1.165) is 77.2 Å². The maximum Gasteiger partial charge on any atom is 0.191 e. The second kappa shape index (κ2) is 13.5. The van der Waals surface area contributed by atoms with Crippen molar-refractivity contribution in [2.24, 2.45) is 10.4 Å². The largest absolute Gasteiger partial charge is 0.469 e. The van der Waals surface area contributed by atoms with Crippen molar-refractivity contribution in [3.05, 3.63) is 24.2 Å². The van der Waals surface area contributed by atoms with E-state index < -0.39 is 0 Å². The number of hydrogen-bond donors (Lipinski definition) is 2. The highest BCUT2D eigenvalue weighted by Gasteiger charge is 2.34. The molecule has 1 aliphatic heterocycles. The molecule has 2 N–H and O–H groups in total. The summed E-state index contributed by atoms with van der Waals surface area (Å²) in [5, 5.41) is 7.07. The molecule has 2 heterocycles. The first kappa shape index (κ1) is 25.4. The molecule has 172 valence electrons. The van der Waals surface area contributed by atoms with Crippen molar-refractivity contribution in [2.45, 2.75) is 32.1 Å². The Balaban J connectivity index is 0.00000320. The molecule has 8 heteroatoms. The summed E-state index contributed by atoms with van der Waals surface area (Å²) in [6, 6.07) is 3.96. The predicted molar refractivity (Wildman–Crippen MR) is 133 cm³/mol. The number of rotatable bonds is 10. The van der Waals surface area contributed by atoms with E-state index in [1.54, 1.807) is 6.26 Å². The van der Waals surface area contributed by atoms with Crippen LogP contribution in [0.4, 0.5) is 0 Å². The highest BCUT2D eigenvalue weighted by atomic mass is 127. The van der Waals surface area contributed by atoms with Gasteiger partial charge in [-0.2, -0.15) is 0 Å².